The zero-order chi connectivity index (χ0) is 15.6. The van der Waals surface area contributed by atoms with Crippen LogP contribution in [0.25, 0.3) is 0 Å². The third-order valence-corrected chi connectivity index (χ3v) is 4.66. The number of aromatic nitrogens is 1. The summed E-state index contributed by atoms with van der Waals surface area (Å²) in [6, 6.07) is 3.29. The molecule has 0 atom stereocenters. The SMILES string of the molecule is Nc1ccc(S(=O)(=O)NCc2csc(=O)[nH]2)c([N+](=O)[O-])c1. The third-order valence-electron chi connectivity index (χ3n) is 2.49. The van der Waals surface area contributed by atoms with Gasteiger partial charge in [0.2, 0.25) is 10.0 Å². The minimum absolute atomic E-state index is 0.0859. The molecule has 21 heavy (non-hydrogen) atoms. The average Bonchev–Trinajstić information content (AvgIpc) is 2.82. The van der Waals surface area contributed by atoms with Crippen LogP contribution in [0.2, 0.25) is 0 Å². The number of hydrogen-bond donors (Lipinski definition) is 3. The van der Waals surface area contributed by atoms with Gasteiger partial charge in [-0.2, -0.15) is 0 Å². The smallest absolute Gasteiger partial charge is 0.304 e. The molecule has 112 valence electrons. The highest BCUT2D eigenvalue weighted by molar-refractivity contribution is 7.89. The topological polar surface area (TPSA) is 148 Å². The first kappa shape index (κ1) is 15.2. The minimum atomic E-state index is -4.11. The van der Waals surface area contributed by atoms with E-state index in [2.05, 4.69) is 9.71 Å². The number of rotatable bonds is 5. The van der Waals surface area contributed by atoms with Crippen molar-refractivity contribution in [1.82, 2.24) is 9.71 Å². The molecule has 0 aliphatic heterocycles. The van der Waals surface area contributed by atoms with Crippen molar-refractivity contribution in [2.24, 2.45) is 0 Å². The quantitative estimate of drug-likeness (QED) is 0.410. The van der Waals surface area contributed by atoms with E-state index in [1.165, 1.54) is 11.4 Å². The number of thiazole rings is 1. The molecule has 0 saturated heterocycles. The summed E-state index contributed by atoms with van der Waals surface area (Å²) in [7, 11) is -4.11. The van der Waals surface area contributed by atoms with Crippen molar-refractivity contribution in [2.45, 2.75) is 11.4 Å². The average molecular weight is 330 g/mol. The second-order valence-corrected chi connectivity index (χ2v) is 6.56. The Morgan fingerprint density at radius 1 is 1.43 bits per heavy atom. The Hall–Kier alpha value is -2.24. The number of nitro groups is 1. The molecule has 0 fully saturated rings. The van der Waals surface area contributed by atoms with Crippen LogP contribution in [0.3, 0.4) is 0 Å². The molecule has 11 heteroatoms. The van der Waals surface area contributed by atoms with Crippen molar-refractivity contribution >= 4 is 32.7 Å². The van der Waals surface area contributed by atoms with Crippen molar-refractivity contribution in [3.8, 4) is 0 Å². The Morgan fingerprint density at radius 2 is 2.14 bits per heavy atom. The first-order chi connectivity index (χ1) is 9.79. The van der Waals surface area contributed by atoms with Crippen LogP contribution < -0.4 is 15.3 Å². The maximum absolute atomic E-state index is 12.1. The van der Waals surface area contributed by atoms with E-state index < -0.39 is 25.5 Å². The Balaban J connectivity index is 2.31. The second kappa shape index (κ2) is 5.63. The minimum Gasteiger partial charge on any atom is -0.399 e. The molecule has 1 aromatic heterocycles. The fraction of sp³-hybridized carbons (Fsp3) is 0.100. The van der Waals surface area contributed by atoms with Crippen molar-refractivity contribution in [1.29, 1.82) is 0 Å². The Kier molecular flexibility index (Phi) is 4.06. The van der Waals surface area contributed by atoms with Crippen LogP contribution in [0.1, 0.15) is 5.69 Å². The van der Waals surface area contributed by atoms with Gasteiger partial charge in [-0.15, -0.1) is 0 Å². The molecule has 1 heterocycles. The van der Waals surface area contributed by atoms with Crippen LogP contribution in [-0.2, 0) is 16.6 Å². The van der Waals surface area contributed by atoms with Crippen molar-refractivity contribution in [2.75, 3.05) is 5.73 Å². The highest BCUT2D eigenvalue weighted by Gasteiger charge is 2.25. The predicted molar refractivity (Wildman–Crippen MR) is 76.5 cm³/mol. The van der Waals surface area contributed by atoms with Gasteiger partial charge in [-0.3, -0.25) is 14.9 Å². The predicted octanol–water partition coefficient (Wildman–Crippen LogP) is 0.405. The molecule has 1 aromatic carbocycles. The summed E-state index contributed by atoms with van der Waals surface area (Å²) in [5, 5.41) is 12.4. The lowest BCUT2D eigenvalue weighted by atomic mass is 10.3. The zero-order valence-corrected chi connectivity index (χ0v) is 12.0. The molecular weight excluding hydrogens is 320 g/mol. The van der Waals surface area contributed by atoms with Gasteiger partial charge in [-0.25, -0.2) is 13.1 Å². The number of H-pyrrole nitrogens is 1. The normalized spacial score (nSPS) is 11.4. The van der Waals surface area contributed by atoms with E-state index in [9.17, 15) is 23.3 Å². The molecule has 0 amide bonds. The number of nitrogens with two attached hydrogens (primary N) is 1. The van der Waals surface area contributed by atoms with Gasteiger partial charge < -0.3 is 10.7 Å². The molecule has 2 aromatic rings. The summed E-state index contributed by atoms with van der Waals surface area (Å²) < 4.78 is 26.4. The number of sulfonamides is 1. The van der Waals surface area contributed by atoms with Crippen molar-refractivity contribution in [3.05, 3.63) is 49.1 Å². The molecular formula is C10H10N4O5S2. The van der Waals surface area contributed by atoms with Crippen molar-refractivity contribution in [3.63, 3.8) is 0 Å². The first-order valence-electron chi connectivity index (χ1n) is 5.50. The van der Waals surface area contributed by atoms with Crippen LogP contribution in [0.15, 0.2) is 33.3 Å². The zero-order valence-electron chi connectivity index (χ0n) is 10.4. The van der Waals surface area contributed by atoms with E-state index in [4.69, 9.17) is 5.73 Å². The number of hydrogen-bond acceptors (Lipinski definition) is 7. The van der Waals surface area contributed by atoms with Crippen LogP contribution in [-0.4, -0.2) is 18.3 Å². The lowest BCUT2D eigenvalue weighted by molar-refractivity contribution is -0.387. The van der Waals surface area contributed by atoms with E-state index in [0.717, 1.165) is 23.5 Å². The van der Waals surface area contributed by atoms with E-state index in [1.807, 2.05) is 0 Å². The van der Waals surface area contributed by atoms with Gasteiger partial charge in [0.1, 0.15) is 0 Å². The Bertz CT molecular complexity index is 839. The highest BCUT2D eigenvalue weighted by atomic mass is 32.2. The number of nitrogens with zero attached hydrogens (tertiary/aromatic N) is 1. The number of nitrogens with one attached hydrogen (secondary N) is 2. The van der Waals surface area contributed by atoms with E-state index in [0.29, 0.717) is 5.69 Å². The molecule has 0 aliphatic rings. The Labute approximate surface area is 122 Å². The summed E-state index contributed by atoms with van der Waals surface area (Å²) in [6.07, 6.45) is 0. The maximum Gasteiger partial charge on any atom is 0.304 e. The lowest BCUT2D eigenvalue weighted by Crippen LogP contribution is -2.24. The molecule has 2 rings (SSSR count). The maximum atomic E-state index is 12.1. The molecule has 0 aliphatic carbocycles. The van der Waals surface area contributed by atoms with Crippen LogP contribution in [0.5, 0.6) is 0 Å². The number of nitro benzene ring substituents is 1. The summed E-state index contributed by atoms with van der Waals surface area (Å²) in [6.45, 7) is -0.178. The number of nitrogen functional groups attached to an aromatic ring is 1. The fourth-order valence-electron chi connectivity index (χ4n) is 1.56. The second-order valence-electron chi connectivity index (χ2n) is 3.98. The monoisotopic (exact) mass is 330 g/mol. The van der Waals surface area contributed by atoms with Crippen molar-refractivity contribution < 1.29 is 13.3 Å². The van der Waals surface area contributed by atoms with Crippen LogP contribution in [0, 0.1) is 10.1 Å². The summed E-state index contributed by atoms with van der Waals surface area (Å²) in [5.41, 5.74) is 5.26. The molecule has 0 saturated carbocycles. The molecule has 0 unspecified atom stereocenters. The highest BCUT2D eigenvalue weighted by Crippen LogP contribution is 2.25. The summed E-state index contributed by atoms with van der Waals surface area (Å²) in [4.78, 5) is 22.7. The van der Waals surface area contributed by atoms with Gasteiger partial charge in [0.15, 0.2) is 4.90 Å². The standard InChI is InChI=1S/C10H10N4O5S2/c11-6-1-2-9(8(3-6)14(16)17)21(18,19)12-4-7-5-20-10(15)13-7/h1-3,5,12H,4,11H2,(H,13,15). The number of anilines is 1. The first-order valence-corrected chi connectivity index (χ1v) is 7.86. The molecule has 9 nitrogen and oxygen atoms in total. The molecule has 4 N–H and O–H groups in total. The van der Waals surface area contributed by atoms with Gasteiger partial charge in [-0.1, -0.05) is 11.3 Å². The van der Waals surface area contributed by atoms with Gasteiger partial charge in [0, 0.05) is 22.8 Å². The van der Waals surface area contributed by atoms with Crippen LogP contribution >= 0.6 is 11.3 Å². The summed E-state index contributed by atoms with van der Waals surface area (Å²) >= 11 is 0.890. The van der Waals surface area contributed by atoms with Gasteiger partial charge in [0.25, 0.3) is 5.69 Å². The number of benzene rings is 1. The number of aromatic amines is 1. The summed E-state index contributed by atoms with van der Waals surface area (Å²) in [5.74, 6) is 0. The molecule has 0 bridgehead atoms. The largest absolute Gasteiger partial charge is 0.399 e. The fourth-order valence-corrected chi connectivity index (χ4v) is 3.29. The van der Waals surface area contributed by atoms with E-state index in [1.54, 1.807) is 0 Å². The molecule has 0 radical (unpaired) electrons. The van der Waals surface area contributed by atoms with Gasteiger partial charge in [-0.05, 0) is 12.1 Å². The third kappa shape index (κ3) is 3.45. The van der Waals surface area contributed by atoms with Gasteiger partial charge >= 0.3 is 4.87 Å². The lowest BCUT2D eigenvalue weighted by Gasteiger charge is -2.06. The van der Waals surface area contributed by atoms with Crippen LogP contribution in [0.4, 0.5) is 11.4 Å². The van der Waals surface area contributed by atoms with E-state index in [-0.39, 0.29) is 17.1 Å². The Morgan fingerprint density at radius 3 is 2.71 bits per heavy atom. The van der Waals surface area contributed by atoms with Gasteiger partial charge in [0.05, 0.1) is 11.5 Å². The van der Waals surface area contributed by atoms with E-state index >= 15 is 0 Å². The molecule has 0 spiro atoms.